The van der Waals surface area contributed by atoms with Crippen LogP contribution < -0.4 is 16.0 Å². The van der Waals surface area contributed by atoms with Crippen LogP contribution in [0.3, 0.4) is 0 Å². The van der Waals surface area contributed by atoms with E-state index in [9.17, 15) is 9.59 Å². The van der Waals surface area contributed by atoms with Crippen LogP contribution in [0, 0.1) is 11.3 Å². The number of amides is 3. The lowest BCUT2D eigenvalue weighted by Gasteiger charge is -2.11. The average molecular weight is 364 g/mol. The molecular formula is C21H24N4O2. The summed E-state index contributed by atoms with van der Waals surface area (Å²) < 4.78 is 0. The molecule has 6 heteroatoms. The van der Waals surface area contributed by atoms with Crippen LogP contribution in [0.1, 0.15) is 37.0 Å². The quantitative estimate of drug-likeness (QED) is 0.703. The number of hydrogen-bond donors (Lipinski definition) is 3. The summed E-state index contributed by atoms with van der Waals surface area (Å²) in [6.07, 6.45) is 1.02. The van der Waals surface area contributed by atoms with Gasteiger partial charge in [-0.15, -0.1) is 0 Å². The van der Waals surface area contributed by atoms with E-state index in [1.807, 2.05) is 38.1 Å². The van der Waals surface area contributed by atoms with Crippen molar-refractivity contribution in [3.05, 3.63) is 65.2 Å². The number of rotatable bonds is 7. The topological polar surface area (TPSA) is 94.0 Å². The summed E-state index contributed by atoms with van der Waals surface area (Å²) in [6.45, 7) is 4.23. The predicted molar refractivity (Wildman–Crippen MR) is 105 cm³/mol. The number of carbonyl (C=O) groups is 2. The Balaban J connectivity index is 1.74. The molecule has 0 aliphatic carbocycles. The Morgan fingerprint density at radius 3 is 2.22 bits per heavy atom. The molecule has 2 aromatic rings. The molecule has 0 aliphatic rings. The monoisotopic (exact) mass is 364 g/mol. The first-order valence-electron chi connectivity index (χ1n) is 8.88. The number of nitriles is 1. The number of benzene rings is 2. The molecule has 0 heterocycles. The van der Waals surface area contributed by atoms with Gasteiger partial charge in [0.25, 0.3) is 0 Å². The summed E-state index contributed by atoms with van der Waals surface area (Å²) in [4.78, 5) is 23.7. The molecule has 3 amide bonds. The normalized spacial score (nSPS) is 10.1. The minimum atomic E-state index is -0.242. The van der Waals surface area contributed by atoms with Gasteiger partial charge in [-0.3, -0.25) is 4.79 Å². The van der Waals surface area contributed by atoms with Gasteiger partial charge < -0.3 is 16.0 Å². The number of anilines is 1. The van der Waals surface area contributed by atoms with Crippen molar-refractivity contribution in [3.63, 3.8) is 0 Å². The zero-order valence-electron chi connectivity index (χ0n) is 15.6. The molecule has 0 spiro atoms. The van der Waals surface area contributed by atoms with Crippen molar-refractivity contribution in [1.82, 2.24) is 10.6 Å². The highest BCUT2D eigenvalue weighted by Crippen LogP contribution is 2.10. The van der Waals surface area contributed by atoms with Crippen molar-refractivity contribution < 1.29 is 9.59 Å². The number of aryl methyl sites for hydroxylation is 1. The average Bonchev–Trinajstić information content (AvgIpc) is 2.65. The highest BCUT2D eigenvalue weighted by molar-refractivity contribution is 5.89. The van der Waals surface area contributed by atoms with E-state index in [0.717, 1.165) is 11.1 Å². The molecule has 140 valence electrons. The molecule has 2 aromatic carbocycles. The van der Waals surface area contributed by atoms with Crippen molar-refractivity contribution in [3.8, 4) is 6.07 Å². The van der Waals surface area contributed by atoms with E-state index >= 15 is 0 Å². The highest BCUT2D eigenvalue weighted by Gasteiger charge is 2.05. The second-order valence-electron chi connectivity index (χ2n) is 6.54. The van der Waals surface area contributed by atoms with E-state index in [0.29, 0.717) is 30.6 Å². The molecule has 0 saturated carbocycles. The summed E-state index contributed by atoms with van der Waals surface area (Å²) in [5, 5.41) is 17.2. The van der Waals surface area contributed by atoms with E-state index in [-0.39, 0.29) is 18.0 Å². The van der Waals surface area contributed by atoms with Gasteiger partial charge in [-0.1, -0.05) is 24.3 Å². The molecule has 0 aliphatic heterocycles. The van der Waals surface area contributed by atoms with Crippen LogP contribution in [0.2, 0.25) is 0 Å². The van der Waals surface area contributed by atoms with Crippen LogP contribution in [0.25, 0.3) is 0 Å². The minimum absolute atomic E-state index is 0.0297. The molecule has 3 N–H and O–H groups in total. The zero-order valence-corrected chi connectivity index (χ0v) is 15.6. The largest absolute Gasteiger partial charge is 0.352 e. The lowest BCUT2D eigenvalue weighted by molar-refractivity contribution is -0.121. The molecule has 6 nitrogen and oxygen atoms in total. The second kappa shape index (κ2) is 9.97. The van der Waals surface area contributed by atoms with E-state index in [4.69, 9.17) is 5.26 Å². The molecular weight excluding hydrogens is 340 g/mol. The standard InChI is InChI=1S/C21H24N4O2/c1-15(2)24-21(27)25-19-10-7-18(8-11-19)14-23-20(26)12-9-16-3-5-17(13-22)6-4-16/h3-8,10-11,15H,9,12,14H2,1-2H3,(H,23,26)(H2,24,25,27). The fourth-order valence-corrected chi connectivity index (χ4v) is 2.43. The van der Waals surface area contributed by atoms with Crippen LogP contribution >= 0.6 is 0 Å². The fourth-order valence-electron chi connectivity index (χ4n) is 2.43. The Hall–Kier alpha value is -3.33. The summed E-state index contributed by atoms with van der Waals surface area (Å²) in [7, 11) is 0. The van der Waals surface area contributed by atoms with Crippen molar-refractivity contribution in [2.45, 2.75) is 39.3 Å². The first-order valence-corrected chi connectivity index (χ1v) is 8.88. The molecule has 2 rings (SSSR count). The van der Waals surface area contributed by atoms with Crippen LogP contribution in [0.5, 0.6) is 0 Å². The molecule has 0 saturated heterocycles. The summed E-state index contributed by atoms with van der Waals surface area (Å²) >= 11 is 0. The minimum Gasteiger partial charge on any atom is -0.352 e. The number of hydrogen-bond acceptors (Lipinski definition) is 3. The Labute approximate surface area is 159 Å². The van der Waals surface area contributed by atoms with Gasteiger partial charge in [0.1, 0.15) is 0 Å². The Bertz CT molecular complexity index is 806. The third-order valence-corrected chi connectivity index (χ3v) is 3.85. The van der Waals surface area contributed by atoms with Gasteiger partial charge in [0.05, 0.1) is 11.6 Å². The van der Waals surface area contributed by atoms with E-state index in [1.54, 1.807) is 24.3 Å². The van der Waals surface area contributed by atoms with Crippen LogP contribution in [0.4, 0.5) is 10.5 Å². The summed E-state index contributed by atoms with van der Waals surface area (Å²) in [6, 6.07) is 16.5. The van der Waals surface area contributed by atoms with Crippen LogP contribution in [0.15, 0.2) is 48.5 Å². The third-order valence-electron chi connectivity index (χ3n) is 3.85. The SMILES string of the molecule is CC(C)NC(=O)Nc1ccc(CNC(=O)CCc2ccc(C#N)cc2)cc1. The van der Waals surface area contributed by atoms with Gasteiger partial charge in [-0.2, -0.15) is 5.26 Å². The van der Waals surface area contributed by atoms with Gasteiger partial charge in [-0.05, 0) is 55.7 Å². The fraction of sp³-hybridized carbons (Fsp3) is 0.286. The van der Waals surface area contributed by atoms with Gasteiger partial charge in [0.15, 0.2) is 0 Å². The molecule has 0 radical (unpaired) electrons. The Kier molecular flexibility index (Phi) is 7.38. The van der Waals surface area contributed by atoms with Crippen LogP contribution in [-0.2, 0) is 17.8 Å². The Morgan fingerprint density at radius 1 is 1.00 bits per heavy atom. The van der Waals surface area contributed by atoms with E-state index < -0.39 is 0 Å². The first kappa shape index (κ1) is 20.0. The summed E-state index contributed by atoms with van der Waals surface area (Å²) in [5.74, 6) is -0.0297. The van der Waals surface area contributed by atoms with Crippen molar-refractivity contribution in [2.75, 3.05) is 5.32 Å². The van der Waals surface area contributed by atoms with Gasteiger partial charge >= 0.3 is 6.03 Å². The van der Waals surface area contributed by atoms with E-state index in [2.05, 4.69) is 22.0 Å². The molecule has 0 bridgehead atoms. The van der Waals surface area contributed by atoms with E-state index in [1.165, 1.54) is 0 Å². The molecule has 0 atom stereocenters. The second-order valence-corrected chi connectivity index (χ2v) is 6.54. The number of carbonyl (C=O) groups excluding carboxylic acids is 2. The Morgan fingerprint density at radius 2 is 1.63 bits per heavy atom. The van der Waals surface area contributed by atoms with Crippen molar-refractivity contribution in [1.29, 1.82) is 5.26 Å². The van der Waals surface area contributed by atoms with Crippen molar-refractivity contribution >= 4 is 17.6 Å². The molecule has 0 aromatic heterocycles. The lowest BCUT2D eigenvalue weighted by Crippen LogP contribution is -2.34. The number of urea groups is 1. The third kappa shape index (κ3) is 7.20. The maximum atomic E-state index is 12.0. The first-order chi connectivity index (χ1) is 13.0. The lowest BCUT2D eigenvalue weighted by atomic mass is 10.1. The molecule has 0 fully saturated rings. The van der Waals surface area contributed by atoms with Gasteiger partial charge in [0.2, 0.25) is 5.91 Å². The maximum Gasteiger partial charge on any atom is 0.319 e. The predicted octanol–water partition coefficient (Wildman–Crippen LogP) is 3.34. The molecule has 27 heavy (non-hydrogen) atoms. The van der Waals surface area contributed by atoms with Gasteiger partial charge in [-0.25, -0.2) is 4.79 Å². The number of nitrogens with zero attached hydrogens (tertiary/aromatic N) is 1. The van der Waals surface area contributed by atoms with Crippen LogP contribution in [-0.4, -0.2) is 18.0 Å². The highest BCUT2D eigenvalue weighted by atomic mass is 16.2. The summed E-state index contributed by atoms with van der Waals surface area (Å²) in [5.41, 5.74) is 3.29. The smallest absolute Gasteiger partial charge is 0.319 e. The van der Waals surface area contributed by atoms with Crippen molar-refractivity contribution in [2.24, 2.45) is 0 Å². The molecule has 0 unspecified atom stereocenters. The van der Waals surface area contributed by atoms with Gasteiger partial charge in [0, 0.05) is 24.7 Å². The maximum absolute atomic E-state index is 12.0. The zero-order chi connectivity index (χ0) is 19.6. The number of nitrogens with one attached hydrogen (secondary N) is 3.